The van der Waals surface area contributed by atoms with Gasteiger partial charge in [0.15, 0.2) is 6.23 Å². The van der Waals surface area contributed by atoms with E-state index in [1.54, 1.807) is 6.92 Å². The van der Waals surface area contributed by atoms with E-state index in [2.05, 4.69) is 5.32 Å². The van der Waals surface area contributed by atoms with Crippen molar-refractivity contribution >= 4 is 15.7 Å². The van der Waals surface area contributed by atoms with Gasteiger partial charge in [-0.15, -0.1) is 0 Å². The molecule has 2 aromatic rings. The Labute approximate surface area is 157 Å². The van der Waals surface area contributed by atoms with Gasteiger partial charge in [0, 0.05) is 24.3 Å². The Morgan fingerprint density at radius 3 is 2.37 bits per heavy atom. The molecular formula is C19H22F2N2O3S. The van der Waals surface area contributed by atoms with Gasteiger partial charge in [-0.1, -0.05) is 6.42 Å². The fraction of sp³-hybridized carbons (Fsp3) is 0.368. The quantitative estimate of drug-likeness (QED) is 0.759. The molecule has 1 heterocycles. The smallest absolute Gasteiger partial charge is 0.243 e. The molecule has 27 heavy (non-hydrogen) atoms. The first-order valence-corrected chi connectivity index (χ1v) is 10.2. The number of anilines is 1. The van der Waals surface area contributed by atoms with Gasteiger partial charge in [-0.25, -0.2) is 17.2 Å². The predicted octanol–water partition coefficient (Wildman–Crippen LogP) is 3.55. The molecule has 0 aromatic heterocycles. The van der Waals surface area contributed by atoms with Gasteiger partial charge in [-0.2, -0.15) is 4.31 Å². The second kappa shape index (κ2) is 7.92. The van der Waals surface area contributed by atoms with Crippen molar-refractivity contribution in [1.29, 1.82) is 0 Å². The van der Waals surface area contributed by atoms with Crippen LogP contribution in [0.1, 0.15) is 36.6 Å². The Balaban J connectivity index is 1.87. The van der Waals surface area contributed by atoms with Crippen LogP contribution in [0.4, 0.5) is 14.5 Å². The van der Waals surface area contributed by atoms with E-state index in [0.29, 0.717) is 24.3 Å². The number of piperidine rings is 1. The van der Waals surface area contributed by atoms with Gasteiger partial charge in [0.25, 0.3) is 0 Å². The third-order valence-corrected chi connectivity index (χ3v) is 6.57. The van der Waals surface area contributed by atoms with Crippen LogP contribution in [0, 0.1) is 18.6 Å². The Bertz CT molecular complexity index is 929. The number of aryl methyl sites for hydroxylation is 1. The van der Waals surface area contributed by atoms with Crippen molar-refractivity contribution in [2.24, 2.45) is 0 Å². The summed E-state index contributed by atoms with van der Waals surface area (Å²) in [5.41, 5.74) is 0.578. The summed E-state index contributed by atoms with van der Waals surface area (Å²) in [5.74, 6) is -1.12. The second-order valence-electron chi connectivity index (χ2n) is 6.66. The average molecular weight is 396 g/mol. The highest BCUT2D eigenvalue weighted by Gasteiger charge is 2.27. The van der Waals surface area contributed by atoms with Crippen molar-refractivity contribution in [3.8, 4) is 0 Å². The maximum absolute atomic E-state index is 14.2. The SMILES string of the molecule is Cc1cc(NC(O)c2cc(S(=O)(=O)N3CCCCC3)ccc2F)ccc1F. The number of aliphatic hydroxyl groups is 1. The molecule has 0 aliphatic carbocycles. The number of benzene rings is 2. The molecule has 1 fully saturated rings. The summed E-state index contributed by atoms with van der Waals surface area (Å²) in [7, 11) is -3.74. The van der Waals surface area contributed by atoms with Crippen LogP contribution in [0.3, 0.4) is 0 Å². The molecule has 2 aromatic carbocycles. The van der Waals surface area contributed by atoms with E-state index in [1.807, 2.05) is 0 Å². The first-order valence-electron chi connectivity index (χ1n) is 8.79. The second-order valence-corrected chi connectivity index (χ2v) is 8.60. The summed E-state index contributed by atoms with van der Waals surface area (Å²) in [6.07, 6.45) is 1.09. The van der Waals surface area contributed by atoms with E-state index in [-0.39, 0.29) is 10.5 Å². The monoisotopic (exact) mass is 396 g/mol. The number of rotatable bonds is 5. The molecule has 1 aliphatic rings. The van der Waals surface area contributed by atoms with Crippen LogP contribution >= 0.6 is 0 Å². The summed E-state index contributed by atoms with van der Waals surface area (Å²) >= 11 is 0. The minimum absolute atomic E-state index is 0.0584. The lowest BCUT2D eigenvalue weighted by atomic mass is 10.1. The molecule has 8 heteroatoms. The lowest BCUT2D eigenvalue weighted by Crippen LogP contribution is -2.35. The zero-order valence-electron chi connectivity index (χ0n) is 15.0. The van der Waals surface area contributed by atoms with E-state index < -0.39 is 27.9 Å². The van der Waals surface area contributed by atoms with Gasteiger partial charge in [0.05, 0.1) is 4.90 Å². The van der Waals surface area contributed by atoms with Crippen LogP contribution in [0.5, 0.6) is 0 Å². The third kappa shape index (κ3) is 4.28. The lowest BCUT2D eigenvalue weighted by molar-refractivity contribution is 0.202. The van der Waals surface area contributed by atoms with Crippen LogP contribution < -0.4 is 5.32 Å². The van der Waals surface area contributed by atoms with Crippen LogP contribution in [-0.4, -0.2) is 30.9 Å². The Kier molecular flexibility index (Phi) is 5.78. The van der Waals surface area contributed by atoms with Crippen molar-refractivity contribution in [2.45, 2.75) is 37.3 Å². The van der Waals surface area contributed by atoms with Gasteiger partial charge in [0.2, 0.25) is 10.0 Å². The summed E-state index contributed by atoms with van der Waals surface area (Å²) in [6, 6.07) is 7.51. The van der Waals surface area contributed by atoms with Gasteiger partial charge in [0.1, 0.15) is 11.6 Å². The minimum Gasteiger partial charge on any atom is -0.369 e. The number of nitrogens with one attached hydrogen (secondary N) is 1. The Morgan fingerprint density at radius 2 is 1.70 bits per heavy atom. The summed E-state index contributed by atoms with van der Waals surface area (Å²) in [6.45, 7) is 2.44. The maximum atomic E-state index is 14.2. The standard InChI is InChI=1S/C19H22F2N2O3S/c1-13-11-14(5-7-17(13)20)22-19(24)16-12-15(6-8-18(16)21)27(25,26)23-9-3-2-4-10-23/h5-8,11-12,19,22,24H,2-4,9-10H2,1H3. The first-order chi connectivity index (χ1) is 12.8. The van der Waals surface area contributed by atoms with E-state index in [1.165, 1.54) is 28.6 Å². The van der Waals surface area contributed by atoms with Crippen molar-refractivity contribution in [1.82, 2.24) is 4.31 Å². The fourth-order valence-electron chi connectivity index (χ4n) is 3.12. The maximum Gasteiger partial charge on any atom is 0.243 e. The number of hydrogen-bond acceptors (Lipinski definition) is 4. The highest BCUT2D eigenvalue weighted by Crippen LogP contribution is 2.27. The summed E-state index contributed by atoms with van der Waals surface area (Å²) < 4.78 is 54.5. The predicted molar refractivity (Wildman–Crippen MR) is 98.7 cm³/mol. The fourth-order valence-corrected chi connectivity index (χ4v) is 4.67. The molecule has 0 radical (unpaired) electrons. The molecule has 146 valence electrons. The molecule has 0 saturated carbocycles. The topological polar surface area (TPSA) is 69.6 Å². The van der Waals surface area contributed by atoms with E-state index >= 15 is 0 Å². The zero-order chi connectivity index (χ0) is 19.6. The molecule has 0 spiro atoms. The van der Waals surface area contributed by atoms with Crippen LogP contribution in [0.15, 0.2) is 41.3 Å². The van der Waals surface area contributed by atoms with Crippen molar-refractivity contribution in [3.05, 3.63) is 59.2 Å². The zero-order valence-corrected chi connectivity index (χ0v) is 15.8. The summed E-state index contributed by atoms with van der Waals surface area (Å²) in [5, 5.41) is 13.0. The highest BCUT2D eigenvalue weighted by molar-refractivity contribution is 7.89. The molecule has 2 N–H and O–H groups in total. The molecule has 0 amide bonds. The minimum atomic E-state index is -3.74. The molecule has 1 atom stereocenters. The molecule has 1 aliphatic heterocycles. The van der Waals surface area contributed by atoms with Gasteiger partial charge in [-0.3, -0.25) is 0 Å². The number of hydrogen-bond donors (Lipinski definition) is 2. The molecule has 5 nitrogen and oxygen atoms in total. The van der Waals surface area contributed by atoms with Crippen molar-refractivity contribution in [3.63, 3.8) is 0 Å². The molecule has 0 bridgehead atoms. The summed E-state index contributed by atoms with van der Waals surface area (Å²) in [4.78, 5) is -0.0584. The van der Waals surface area contributed by atoms with E-state index in [0.717, 1.165) is 31.4 Å². The van der Waals surface area contributed by atoms with Crippen LogP contribution in [0.2, 0.25) is 0 Å². The van der Waals surface area contributed by atoms with Crippen LogP contribution in [0.25, 0.3) is 0 Å². The Morgan fingerprint density at radius 1 is 1.04 bits per heavy atom. The Hall–Kier alpha value is -2.03. The molecular weight excluding hydrogens is 374 g/mol. The van der Waals surface area contributed by atoms with E-state index in [4.69, 9.17) is 0 Å². The molecule has 1 unspecified atom stereocenters. The number of nitrogens with zero attached hydrogens (tertiary/aromatic N) is 1. The van der Waals surface area contributed by atoms with Gasteiger partial charge in [-0.05, 0) is 61.7 Å². The van der Waals surface area contributed by atoms with Gasteiger partial charge < -0.3 is 10.4 Å². The normalized spacial score (nSPS) is 16.9. The average Bonchev–Trinajstić information content (AvgIpc) is 2.65. The highest BCUT2D eigenvalue weighted by atomic mass is 32.2. The third-order valence-electron chi connectivity index (χ3n) is 4.68. The van der Waals surface area contributed by atoms with Crippen LogP contribution in [-0.2, 0) is 10.0 Å². The largest absolute Gasteiger partial charge is 0.369 e. The number of aliphatic hydroxyl groups excluding tert-OH is 1. The van der Waals surface area contributed by atoms with Gasteiger partial charge >= 0.3 is 0 Å². The number of sulfonamides is 1. The molecule has 1 saturated heterocycles. The van der Waals surface area contributed by atoms with E-state index in [9.17, 15) is 22.3 Å². The first kappa shape index (κ1) is 19.7. The molecule has 3 rings (SSSR count). The lowest BCUT2D eigenvalue weighted by Gasteiger charge is -2.26. The number of halogens is 2. The van der Waals surface area contributed by atoms with Crippen molar-refractivity contribution in [2.75, 3.05) is 18.4 Å². The van der Waals surface area contributed by atoms with Crippen molar-refractivity contribution < 1.29 is 22.3 Å².